The van der Waals surface area contributed by atoms with Crippen LogP contribution in [0.3, 0.4) is 0 Å². The molecule has 0 bridgehead atoms. The maximum atomic E-state index is 10.8. The molecule has 0 amide bonds. The van der Waals surface area contributed by atoms with E-state index in [9.17, 15) is 15.4 Å². The maximum absolute atomic E-state index is 10.8. The van der Waals surface area contributed by atoms with Gasteiger partial charge in [0.1, 0.15) is 17.6 Å². The first-order chi connectivity index (χ1) is 13.0. The molecule has 0 aliphatic carbocycles. The highest BCUT2D eigenvalue weighted by atomic mass is 32.2. The Hall–Kier alpha value is -3.58. The fourth-order valence-corrected chi connectivity index (χ4v) is 2.94. The lowest BCUT2D eigenvalue weighted by Gasteiger charge is -2.05. The molecule has 136 valence electrons. The predicted octanol–water partition coefficient (Wildman–Crippen LogP) is 3.68. The summed E-state index contributed by atoms with van der Waals surface area (Å²) in [6, 6.07) is 11.1. The van der Waals surface area contributed by atoms with Gasteiger partial charge in [-0.2, -0.15) is 5.26 Å². The Morgan fingerprint density at radius 2 is 1.85 bits per heavy atom. The number of benzene rings is 2. The van der Waals surface area contributed by atoms with Gasteiger partial charge < -0.3 is 13.9 Å². The van der Waals surface area contributed by atoms with Gasteiger partial charge in [-0.25, -0.2) is 0 Å². The number of hydrogen-bond donors (Lipinski definition) is 0. The average Bonchev–Trinajstić information content (AvgIpc) is 3.16. The molecule has 0 saturated heterocycles. The van der Waals surface area contributed by atoms with Gasteiger partial charge in [-0.05, 0) is 30.0 Å². The first kappa shape index (κ1) is 18.2. The number of nitrogens with zero attached hydrogens (tertiary/aromatic N) is 4. The van der Waals surface area contributed by atoms with E-state index in [1.54, 1.807) is 18.2 Å². The molecule has 2 aromatic carbocycles. The molecule has 1 heterocycles. The van der Waals surface area contributed by atoms with Crippen LogP contribution in [0.5, 0.6) is 11.5 Å². The molecule has 0 aliphatic heterocycles. The number of nitro groups is 1. The fraction of sp³-hybridized carbons (Fsp3) is 0.118. The zero-order valence-electron chi connectivity index (χ0n) is 14.2. The molecule has 0 fully saturated rings. The van der Waals surface area contributed by atoms with E-state index in [2.05, 4.69) is 10.2 Å². The molecule has 0 aliphatic rings. The van der Waals surface area contributed by atoms with Crippen LogP contribution in [0, 0.1) is 21.4 Å². The smallest absolute Gasteiger partial charge is 0.281 e. The van der Waals surface area contributed by atoms with Gasteiger partial charge in [0.05, 0.1) is 24.7 Å². The molecule has 27 heavy (non-hydrogen) atoms. The zero-order chi connectivity index (χ0) is 19.4. The minimum absolute atomic E-state index is 0.150. The molecule has 0 radical (unpaired) electrons. The van der Waals surface area contributed by atoms with Crippen LogP contribution in [-0.4, -0.2) is 29.3 Å². The minimum Gasteiger partial charge on any atom is -0.497 e. The zero-order valence-corrected chi connectivity index (χ0v) is 15.0. The number of rotatable bonds is 6. The summed E-state index contributed by atoms with van der Waals surface area (Å²) in [5.41, 5.74) is 0.595. The summed E-state index contributed by atoms with van der Waals surface area (Å²) < 4.78 is 16.1. The number of nitriles is 1. The maximum Gasteiger partial charge on any atom is 0.281 e. The van der Waals surface area contributed by atoms with Crippen LogP contribution in [0.1, 0.15) is 5.56 Å². The second-order valence-electron chi connectivity index (χ2n) is 5.13. The van der Waals surface area contributed by atoms with Crippen molar-refractivity contribution in [1.82, 2.24) is 10.2 Å². The van der Waals surface area contributed by atoms with Crippen LogP contribution >= 0.6 is 11.8 Å². The van der Waals surface area contributed by atoms with Gasteiger partial charge >= 0.3 is 0 Å². The topological polar surface area (TPSA) is 124 Å². The van der Waals surface area contributed by atoms with Crippen LogP contribution < -0.4 is 9.47 Å². The number of non-ortho nitro benzene ring substituents is 1. The number of aromatic nitrogens is 2. The van der Waals surface area contributed by atoms with Crippen molar-refractivity contribution in [2.75, 3.05) is 14.2 Å². The summed E-state index contributed by atoms with van der Waals surface area (Å²) in [5, 5.41) is 28.2. The monoisotopic (exact) mass is 384 g/mol. The number of nitro benzene ring substituents is 1. The van der Waals surface area contributed by atoms with E-state index in [0.29, 0.717) is 22.0 Å². The molecule has 3 rings (SSSR count). The van der Waals surface area contributed by atoms with Gasteiger partial charge in [-0.3, -0.25) is 10.1 Å². The van der Waals surface area contributed by atoms with Crippen LogP contribution in [0.4, 0.5) is 5.69 Å². The van der Waals surface area contributed by atoms with Crippen molar-refractivity contribution < 1.29 is 18.8 Å². The van der Waals surface area contributed by atoms with Crippen LogP contribution in [0.25, 0.3) is 11.5 Å². The molecule has 3 aromatic rings. The molecule has 10 heteroatoms. The fourth-order valence-electron chi connectivity index (χ4n) is 2.20. The predicted molar refractivity (Wildman–Crippen MR) is 94.8 cm³/mol. The normalized spacial score (nSPS) is 10.3. The first-order valence-electron chi connectivity index (χ1n) is 7.47. The van der Waals surface area contributed by atoms with Gasteiger partial charge in [0.15, 0.2) is 0 Å². The quantitative estimate of drug-likeness (QED) is 0.462. The Bertz CT molecular complexity index is 1020. The highest BCUT2D eigenvalue weighted by molar-refractivity contribution is 7.99. The van der Waals surface area contributed by atoms with Crippen molar-refractivity contribution in [3.8, 4) is 29.0 Å². The van der Waals surface area contributed by atoms with Crippen molar-refractivity contribution in [3.05, 3.63) is 52.1 Å². The Balaban J connectivity index is 1.89. The molecule has 0 spiro atoms. The lowest BCUT2D eigenvalue weighted by atomic mass is 10.2. The lowest BCUT2D eigenvalue weighted by Crippen LogP contribution is -1.90. The summed E-state index contributed by atoms with van der Waals surface area (Å²) in [6.07, 6.45) is 0. The van der Waals surface area contributed by atoms with Crippen molar-refractivity contribution in [2.45, 2.75) is 10.1 Å². The summed E-state index contributed by atoms with van der Waals surface area (Å²) in [5.74, 6) is 1.38. The molecular formula is C17H12N4O5S. The summed E-state index contributed by atoms with van der Waals surface area (Å²) in [4.78, 5) is 10.7. The van der Waals surface area contributed by atoms with E-state index in [4.69, 9.17) is 13.9 Å². The minimum atomic E-state index is -0.559. The number of methoxy groups -OCH3 is 2. The molecule has 9 nitrogen and oxygen atoms in total. The third kappa shape index (κ3) is 3.99. The highest BCUT2D eigenvalue weighted by Crippen LogP contribution is 2.34. The van der Waals surface area contributed by atoms with Gasteiger partial charge in [-0.1, -0.05) is 0 Å². The van der Waals surface area contributed by atoms with E-state index in [0.717, 1.165) is 11.8 Å². The average molecular weight is 384 g/mol. The van der Waals surface area contributed by atoms with Crippen LogP contribution in [-0.2, 0) is 0 Å². The largest absolute Gasteiger partial charge is 0.497 e. The van der Waals surface area contributed by atoms with Crippen LogP contribution in [0.15, 0.2) is 50.9 Å². The van der Waals surface area contributed by atoms with Gasteiger partial charge in [0, 0.05) is 28.7 Å². The van der Waals surface area contributed by atoms with Gasteiger partial charge in [-0.15, -0.1) is 10.2 Å². The standard InChI is InChI=1S/C17H12N4O5S/c1-24-13-6-10(7-14(8-13)25-2)16-19-20-17(26-16)27-15-4-3-12(21(22)23)5-11(15)9-18/h3-8H,1-2H3. The van der Waals surface area contributed by atoms with E-state index < -0.39 is 4.92 Å². The Morgan fingerprint density at radius 3 is 2.44 bits per heavy atom. The molecule has 0 N–H and O–H groups in total. The van der Waals surface area contributed by atoms with Crippen molar-refractivity contribution in [3.63, 3.8) is 0 Å². The second kappa shape index (κ2) is 7.76. The van der Waals surface area contributed by atoms with E-state index in [1.165, 1.54) is 32.4 Å². The van der Waals surface area contributed by atoms with Crippen molar-refractivity contribution in [1.29, 1.82) is 5.26 Å². The molecule has 0 saturated carbocycles. The van der Waals surface area contributed by atoms with Gasteiger partial charge in [0.25, 0.3) is 10.9 Å². The highest BCUT2D eigenvalue weighted by Gasteiger charge is 2.16. The third-order valence-electron chi connectivity index (χ3n) is 3.50. The summed E-state index contributed by atoms with van der Waals surface area (Å²) in [6.45, 7) is 0. The Morgan fingerprint density at radius 1 is 1.15 bits per heavy atom. The molecule has 0 unspecified atom stereocenters. The number of hydrogen-bond acceptors (Lipinski definition) is 9. The SMILES string of the molecule is COc1cc(OC)cc(-c2nnc(Sc3ccc([N+](=O)[O-])cc3C#N)o2)c1. The Kier molecular flexibility index (Phi) is 5.23. The Labute approximate surface area is 157 Å². The number of ether oxygens (including phenoxy) is 2. The van der Waals surface area contributed by atoms with E-state index in [1.807, 2.05) is 6.07 Å². The van der Waals surface area contributed by atoms with Crippen molar-refractivity contribution >= 4 is 17.4 Å². The van der Waals surface area contributed by atoms with Crippen LogP contribution in [0.2, 0.25) is 0 Å². The third-order valence-corrected chi connectivity index (χ3v) is 4.41. The lowest BCUT2D eigenvalue weighted by molar-refractivity contribution is -0.384. The molecular weight excluding hydrogens is 372 g/mol. The van der Waals surface area contributed by atoms with E-state index >= 15 is 0 Å². The second-order valence-corrected chi connectivity index (χ2v) is 6.12. The molecule has 1 aromatic heterocycles. The van der Waals surface area contributed by atoms with Crippen molar-refractivity contribution in [2.24, 2.45) is 0 Å². The first-order valence-corrected chi connectivity index (χ1v) is 8.29. The summed E-state index contributed by atoms with van der Waals surface area (Å²) >= 11 is 1.05. The molecule has 0 atom stereocenters. The van der Waals surface area contributed by atoms with E-state index in [-0.39, 0.29) is 22.4 Å². The van der Waals surface area contributed by atoms with Gasteiger partial charge in [0.2, 0.25) is 5.89 Å². The summed E-state index contributed by atoms with van der Waals surface area (Å²) in [7, 11) is 3.07.